The smallest absolute Gasteiger partial charge is 0.113 e. The molecule has 0 aromatic rings. The minimum atomic E-state index is -0.649. The Morgan fingerprint density at radius 1 is 1.27 bits per heavy atom. The molecule has 0 aromatic carbocycles. The van der Waals surface area contributed by atoms with Gasteiger partial charge in [-0.2, -0.15) is 0 Å². The third kappa shape index (κ3) is 6.32. The quantitative estimate of drug-likeness (QED) is 0.458. The predicted octanol–water partition coefficient (Wildman–Crippen LogP) is 1.88. The standard InChI is InChI=1S/C9H21NO/c1-4-6-8-10-9(3,11)7-5-2/h10-11H,4-8H2,1-3H3. The van der Waals surface area contributed by atoms with E-state index in [0.29, 0.717) is 0 Å². The minimum absolute atomic E-state index is 0.649. The highest BCUT2D eigenvalue weighted by atomic mass is 16.3. The molecule has 0 radical (unpaired) electrons. The van der Waals surface area contributed by atoms with Crippen LogP contribution in [-0.2, 0) is 0 Å². The van der Waals surface area contributed by atoms with E-state index < -0.39 is 5.72 Å². The molecule has 2 heteroatoms. The molecule has 2 nitrogen and oxygen atoms in total. The summed E-state index contributed by atoms with van der Waals surface area (Å²) in [5.41, 5.74) is -0.649. The van der Waals surface area contributed by atoms with Crippen LogP contribution in [0.25, 0.3) is 0 Å². The van der Waals surface area contributed by atoms with Crippen LogP contribution in [0.4, 0.5) is 0 Å². The number of hydrogen-bond acceptors (Lipinski definition) is 2. The van der Waals surface area contributed by atoms with Gasteiger partial charge in [-0.1, -0.05) is 26.7 Å². The molecule has 1 atom stereocenters. The molecule has 0 aromatic heterocycles. The lowest BCUT2D eigenvalue weighted by Crippen LogP contribution is -2.42. The summed E-state index contributed by atoms with van der Waals surface area (Å²) in [5.74, 6) is 0. The third-order valence-electron chi connectivity index (χ3n) is 1.77. The van der Waals surface area contributed by atoms with Gasteiger partial charge in [-0.3, -0.25) is 5.32 Å². The summed E-state index contributed by atoms with van der Waals surface area (Å²) in [6, 6.07) is 0. The van der Waals surface area contributed by atoms with Gasteiger partial charge in [-0.25, -0.2) is 0 Å². The van der Waals surface area contributed by atoms with Gasteiger partial charge in [-0.05, 0) is 26.3 Å². The van der Waals surface area contributed by atoms with Crippen molar-refractivity contribution in [1.29, 1.82) is 0 Å². The third-order valence-corrected chi connectivity index (χ3v) is 1.77. The normalized spacial score (nSPS) is 16.4. The Kier molecular flexibility index (Phi) is 5.51. The number of nitrogens with one attached hydrogen (secondary N) is 1. The number of hydrogen-bond donors (Lipinski definition) is 2. The zero-order valence-corrected chi connectivity index (χ0v) is 7.98. The van der Waals surface area contributed by atoms with Crippen molar-refractivity contribution < 1.29 is 5.11 Å². The molecule has 0 spiro atoms. The molecular formula is C9H21NO. The van der Waals surface area contributed by atoms with Crippen molar-refractivity contribution in [2.45, 2.75) is 52.2 Å². The maximum absolute atomic E-state index is 9.63. The van der Waals surface area contributed by atoms with Gasteiger partial charge in [0.2, 0.25) is 0 Å². The van der Waals surface area contributed by atoms with Crippen LogP contribution in [0.15, 0.2) is 0 Å². The molecule has 0 aliphatic heterocycles. The molecule has 0 saturated heterocycles. The molecule has 2 N–H and O–H groups in total. The van der Waals surface area contributed by atoms with E-state index >= 15 is 0 Å². The van der Waals surface area contributed by atoms with Gasteiger partial charge < -0.3 is 5.11 Å². The fraction of sp³-hybridized carbons (Fsp3) is 1.00. The maximum atomic E-state index is 9.63. The highest BCUT2D eigenvalue weighted by Gasteiger charge is 2.16. The van der Waals surface area contributed by atoms with E-state index in [-0.39, 0.29) is 0 Å². The second-order valence-corrected chi connectivity index (χ2v) is 3.30. The number of aliphatic hydroxyl groups is 1. The Morgan fingerprint density at radius 2 is 1.91 bits per heavy atom. The van der Waals surface area contributed by atoms with Crippen LogP contribution < -0.4 is 5.32 Å². The van der Waals surface area contributed by atoms with Gasteiger partial charge in [0.1, 0.15) is 5.72 Å². The van der Waals surface area contributed by atoms with E-state index in [2.05, 4.69) is 19.2 Å². The molecule has 0 amide bonds. The first-order chi connectivity index (χ1) is 5.12. The second-order valence-electron chi connectivity index (χ2n) is 3.30. The summed E-state index contributed by atoms with van der Waals surface area (Å²) in [7, 11) is 0. The largest absolute Gasteiger partial charge is 0.376 e. The van der Waals surface area contributed by atoms with Crippen molar-refractivity contribution in [1.82, 2.24) is 5.32 Å². The molecule has 68 valence electrons. The van der Waals surface area contributed by atoms with Crippen LogP contribution in [0.2, 0.25) is 0 Å². The van der Waals surface area contributed by atoms with E-state index in [0.717, 1.165) is 25.8 Å². The lowest BCUT2D eigenvalue weighted by Gasteiger charge is -2.24. The lowest BCUT2D eigenvalue weighted by atomic mass is 10.1. The van der Waals surface area contributed by atoms with Crippen LogP contribution in [-0.4, -0.2) is 17.4 Å². The maximum Gasteiger partial charge on any atom is 0.113 e. The van der Waals surface area contributed by atoms with Crippen molar-refractivity contribution in [2.75, 3.05) is 6.54 Å². The molecule has 0 rings (SSSR count). The van der Waals surface area contributed by atoms with E-state index in [1.165, 1.54) is 6.42 Å². The van der Waals surface area contributed by atoms with E-state index in [4.69, 9.17) is 0 Å². The average molecular weight is 159 g/mol. The van der Waals surface area contributed by atoms with Gasteiger partial charge in [0.15, 0.2) is 0 Å². The summed E-state index contributed by atoms with van der Waals surface area (Å²) in [6.45, 7) is 6.99. The van der Waals surface area contributed by atoms with Crippen LogP contribution in [0.3, 0.4) is 0 Å². The van der Waals surface area contributed by atoms with E-state index in [9.17, 15) is 5.11 Å². The topological polar surface area (TPSA) is 32.3 Å². The molecule has 0 bridgehead atoms. The SMILES string of the molecule is CCCCNC(C)(O)CCC. The monoisotopic (exact) mass is 159 g/mol. The molecule has 11 heavy (non-hydrogen) atoms. The van der Waals surface area contributed by atoms with E-state index in [1.54, 1.807) is 0 Å². The summed E-state index contributed by atoms with van der Waals surface area (Å²) in [6.07, 6.45) is 4.16. The summed E-state index contributed by atoms with van der Waals surface area (Å²) < 4.78 is 0. The van der Waals surface area contributed by atoms with Crippen molar-refractivity contribution in [3.8, 4) is 0 Å². The zero-order chi connectivity index (χ0) is 8.74. The van der Waals surface area contributed by atoms with Crippen molar-refractivity contribution >= 4 is 0 Å². The number of unbranched alkanes of at least 4 members (excludes halogenated alkanes) is 1. The average Bonchev–Trinajstić information content (AvgIpc) is 1.87. The van der Waals surface area contributed by atoms with Crippen LogP contribution in [0.5, 0.6) is 0 Å². The Bertz CT molecular complexity index is 91.6. The molecule has 0 fully saturated rings. The fourth-order valence-electron chi connectivity index (χ4n) is 1.11. The zero-order valence-electron chi connectivity index (χ0n) is 7.98. The van der Waals surface area contributed by atoms with E-state index in [1.807, 2.05) is 6.92 Å². The highest BCUT2D eigenvalue weighted by molar-refractivity contribution is 4.67. The molecule has 0 saturated carbocycles. The van der Waals surface area contributed by atoms with Gasteiger partial charge >= 0.3 is 0 Å². The molecule has 1 unspecified atom stereocenters. The second kappa shape index (κ2) is 5.56. The van der Waals surface area contributed by atoms with Crippen LogP contribution in [0, 0.1) is 0 Å². The van der Waals surface area contributed by atoms with Crippen molar-refractivity contribution in [2.24, 2.45) is 0 Å². The van der Waals surface area contributed by atoms with Crippen molar-refractivity contribution in [3.05, 3.63) is 0 Å². The Balaban J connectivity index is 3.38. The van der Waals surface area contributed by atoms with Gasteiger partial charge in [0.25, 0.3) is 0 Å². The minimum Gasteiger partial charge on any atom is -0.376 e. The Hall–Kier alpha value is -0.0800. The van der Waals surface area contributed by atoms with Gasteiger partial charge in [0, 0.05) is 0 Å². The van der Waals surface area contributed by atoms with Crippen LogP contribution in [0.1, 0.15) is 46.5 Å². The van der Waals surface area contributed by atoms with Crippen LogP contribution >= 0.6 is 0 Å². The molecule has 0 aliphatic rings. The fourth-order valence-corrected chi connectivity index (χ4v) is 1.11. The van der Waals surface area contributed by atoms with Gasteiger partial charge in [0.05, 0.1) is 0 Å². The first-order valence-corrected chi connectivity index (χ1v) is 4.59. The number of rotatable bonds is 6. The lowest BCUT2D eigenvalue weighted by molar-refractivity contribution is 0.0151. The highest BCUT2D eigenvalue weighted by Crippen LogP contribution is 2.07. The predicted molar refractivity (Wildman–Crippen MR) is 48.4 cm³/mol. The Morgan fingerprint density at radius 3 is 2.36 bits per heavy atom. The summed E-state index contributed by atoms with van der Waals surface area (Å²) >= 11 is 0. The molecular weight excluding hydrogens is 138 g/mol. The Labute approximate surface area is 70.0 Å². The first-order valence-electron chi connectivity index (χ1n) is 4.59. The molecule has 0 heterocycles. The molecule has 0 aliphatic carbocycles. The first kappa shape index (κ1) is 10.9. The van der Waals surface area contributed by atoms with Crippen molar-refractivity contribution in [3.63, 3.8) is 0 Å². The van der Waals surface area contributed by atoms with Gasteiger partial charge in [-0.15, -0.1) is 0 Å². The summed E-state index contributed by atoms with van der Waals surface area (Å²) in [4.78, 5) is 0. The summed E-state index contributed by atoms with van der Waals surface area (Å²) in [5, 5.41) is 12.7.